The molecule has 2 unspecified atom stereocenters. The van der Waals surface area contributed by atoms with Crippen LogP contribution in [0.5, 0.6) is 5.75 Å². The maximum atomic E-state index is 12.6. The molecule has 0 radical (unpaired) electrons. The summed E-state index contributed by atoms with van der Waals surface area (Å²) in [6.07, 6.45) is 3.98. The van der Waals surface area contributed by atoms with Gasteiger partial charge in [0.1, 0.15) is 5.75 Å². The third-order valence-corrected chi connectivity index (χ3v) is 6.06. The number of nitrogens with zero attached hydrogens (tertiary/aromatic N) is 1. The van der Waals surface area contributed by atoms with Gasteiger partial charge in [0.05, 0.1) is 5.69 Å². The lowest BCUT2D eigenvalue weighted by Crippen LogP contribution is -2.40. The average Bonchev–Trinajstić information content (AvgIpc) is 3.11. The first-order chi connectivity index (χ1) is 12.6. The first kappa shape index (κ1) is 17.5. The number of ether oxygens (including phenoxy) is 1. The van der Waals surface area contributed by atoms with Gasteiger partial charge in [-0.15, -0.1) is 0 Å². The summed E-state index contributed by atoms with van der Waals surface area (Å²) in [6.45, 7) is 0.500. The van der Waals surface area contributed by atoms with Crippen molar-refractivity contribution >= 4 is 11.6 Å². The van der Waals surface area contributed by atoms with Crippen molar-refractivity contribution in [2.75, 3.05) is 31.1 Å². The minimum Gasteiger partial charge on any atom is -0.433 e. The second-order valence-electron chi connectivity index (χ2n) is 7.66. The summed E-state index contributed by atoms with van der Waals surface area (Å²) in [5, 5.41) is 6.53. The molecule has 2 saturated heterocycles. The monoisotopic (exact) mass is 365 g/mol. The van der Waals surface area contributed by atoms with Gasteiger partial charge in [-0.2, -0.15) is 8.78 Å². The van der Waals surface area contributed by atoms with E-state index in [2.05, 4.69) is 15.4 Å². The quantitative estimate of drug-likeness (QED) is 0.841. The van der Waals surface area contributed by atoms with Gasteiger partial charge in [0.2, 0.25) is 5.91 Å². The molecule has 1 saturated carbocycles. The Kier molecular flexibility index (Phi) is 4.73. The van der Waals surface area contributed by atoms with Crippen molar-refractivity contribution in [1.82, 2.24) is 10.6 Å². The molecule has 5 nitrogen and oxygen atoms in total. The fraction of sp³-hybridized carbons (Fsp3) is 0.632. The fourth-order valence-electron chi connectivity index (χ4n) is 4.51. The van der Waals surface area contributed by atoms with Crippen molar-refractivity contribution in [3.05, 3.63) is 24.3 Å². The fourth-order valence-corrected chi connectivity index (χ4v) is 4.51. The Labute approximate surface area is 152 Å². The lowest BCUT2D eigenvalue weighted by molar-refractivity contribution is -0.123. The van der Waals surface area contributed by atoms with Crippen molar-refractivity contribution in [2.24, 2.45) is 11.3 Å². The van der Waals surface area contributed by atoms with E-state index >= 15 is 0 Å². The van der Waals surface area contributed by atoms with Gasteiger partial charge in [-0.05, 0) is 56.3 Å². The molecule has 1 amide bonds. The van der Waals surface area contributed by atoms with Crippen LogP contribution in [0.1, 0.15) is 25.7 Å². The first-order valence-corrected chi connectivity index (χ1v) is 9.37. The molecule has 1 aromatic carbocycles. The summed E-state index contributed by atoms with van der Waals surface area (Å²) in [6, 6.07) is 6.89. The number of hydrogen-bond acceptors (Lipinski definition) is 4. The van der Waals surface area contributed by atoms with E-state index in [9.17, 15) is 13.6 Å². The van der Waals surface area contributed by atoms with Crippen molar-refractivity contribution in [3.8, 4) is 5.75 Å². The van der Waals surface area contributed by atoms with E-state index in [0.717, 1.165) is 38.8 Å². The second-order valence-corrected chi connectivity index (χ2v) is 7.66. The number of amides is 1. The van der Waals surface area contributed by atoms with Crippen LogP contribution in [-0.4, -0.2) is 44.7 Å². The van der Waals surface area contributed by atoms with Gasteiger partial charge in [-0.25, -0.2) is 0 Å². The van der Waals surface area contributed by atoms with Crippen molar-refractivity contribution in [2.45, 2.75) is 38.3 Å². The maximum Gasteiger partial charge on any atom is 0.387 e. The Morgan fingerprint density at radius 3 is 2.85 bits per heavy atom. The Morgan fingerprint density at radius 2 is 2.08 bits per heavy atom. The topological polar surface area (TPSA) is 53.6 Å². The number of carbonyl (C=O) groups is 1. The number of hydrogen-bond donors (Lipinski definition) is 2. The van der Waals surface area contributed by atoms with Gasteiger partial charge >= 0.3 is 6.61 Å². The van der Waals surface area contributed by atoms with Crippen molar-refractivity contribution in [3.63, 3.8) is 0 Å². The van der Waals surface area contributed by atoms with E-state index in [1.807, 2.05) is 11.0 Å². The van der Waals surface area contributed by atoms with E-state index in [1.165, 1.54) is 0 Å². The third kappa shape index (κ3) is 3.49. The molecule has 1 aromatic rings. The molecule has 2 heterocycles. The maximum absolute atomic E-state index is 12.6. The third-order valence-electron chi connectivity index (χ3n) is 6.06. The number of carbonyl (C=O) groups excluding carboxylic acids is 1. The van der Waals surface area contributed by atoms with Crippen LogP contribution in [0.2, 0.25) is 0 Å². The van der Waals surface area contributed by atoms with E-state index in [4.69, 9.17) is 0 Å². The van der Waals surface area contributed by atoms with Crippen LogP contribution >= 0.6 is 0 Å². The number of piperidine rings is 1. The molecule has 1 spiro atoms. The number of benzene rings is 1. The highest BCUT2D eigenvalue weighted by molar-refractivity contribution is 5.83. The SMILES string of the molecule is O=C(NC1CCN(c2ccccc2OC(F)F)C1)C1CC12CCNCC2. The van der Waals surface area contributed by atoms with Crippen molar-refractivity contribution in [1.29, 1.82) is 0 Å². The molecule has 2 aliphatic heterocycles. The molecule has 7 heteroatoms. The molecule has 2 N–H and O–H groups in total. The minimum atomic E-state index is -2.84. The lowest BCUT2D eigenvalue weighted by Gasteiger charge is -2.24. The molecule has 0 bridgehead atoms. The Morgan fingerprint density at radius 1 is 1.31 bits per heavy atom. The zero-order valence-electron chi connectivity index (χ0n) is 14.7. The summed E-state index contributed by atoms with van der Waals surface area (Å²) < 4.78 is 29.8. The molecular weight excluding hydrogens is 340 g/mol. The summed E-state index contributed by atoms with van der Waals surface area (Å²) in [7, 11) is 0. The van der Waals surface area contributed by atoms with Gasteiger partial charge < -0.3 is 20.3 Å². The Bertz CT molecular complexity index is 664. The van der Waals surface area contributed by atoms with Crippen LogP contribution < -0.4 is 20.3 Å². The molecule has 3 fully saturated rings. The second kappa shape index (κ2) is 7.02. The number of halogens is 2. The summed E-state index contributed by atoms with van der Waals surface area (Å²) >= 11 is 0. The number of para-hydroxylation sites is 2. The van der Waals surface area contributed by atoms with Crippen LogP contribution in [0.3, 0.4) is 0 Å². The van der Waals surface area contributed by atoms with Crippen LogP contribution in [-0.2, 0) is 4.79 Å². The minimum absolute atomic E-state index is 0.0569. The van der Waals surface area contributed by atoms with Crippen LogP contribution in [0.25, 0.3) is 0 Å². The predicted octanol–water partition coefficient (Wildman–Crippen LogP) is 2.37. The highest BCUT2D eigenvalue weighted by Gasteiger charge is 2.57. The van der Waals surface area contributed by atoms with Gasteiger partial charge in [0.15, 0.2) is 0 Å². The van der Waals surface area contributed by atoms with Gasteiger partial charge in [-0.1, -0.05) is 12.1 Å². The number of anilines is 1. The molecule has 1 aliphatic carbocycles. The van der Waals surface area contributed by atoms with E-state index in [0.29, 0.717) is 18.8 Å². The largest absolute Gasteiger partial charge is 0.433 e. The Balaban J connectivity index is 1.34. The van der Waals surface area contributed by atoms with E-state index in [1.54, 1.807) is 18.2 Å². The molecular formula is C19H25F2N3O2. The highest BCUT2D eigenvalue weighted by Crippen LogP contribution is 2.58. The van der Waals surface area contributed by atoms with Crippen molar-refractivity contribution < 1.29 is 18.3 Å². The van der Waals surface area contributed by atoms with Crippen LogP contribution in [0, 0.1) is 11.3 Å². The summed E-state index contributed by atoms with van der Waals surface area (Å²) in [5.41, 5.74) is 0.886. The normalized spacial score (nSPS) is 27.0. The van der Waals surface area contributed by atoms with E-state index < -0.39 is 6.61 Å². The van der Waals surface area contributed by atoms with Gasteiger partial charge in [0.25, 0.3) is 0 Å². The number of nitrogens with one attached hydrogen (secondary N) is 2. The molecule has 26 heavy (non-hydrogen) atoms. The van der Waals surface area contributed by atoms with Crippen LogP contribution in [0.4, 0.5) is 14.5 Å². The lowest BCUT2D eigenvalue weighted by atomic mass is 9.91. The molecule has 4 rings (SSSR count). The predicted molar refractivity (Wildman–Crippen MR) is 94.5 cm³/mol. The van der Waals surface area contributed by atoms with Gasteiger partial charge in [-0.3, -0.25) is 4.79 Å². The smallest absolute Gasteiger partial charge is 0.387 e. The Hall–Kier alpha value is -1.89. The molecule has 3 aliphatic rings. The number of rotatable bonds is 5. The average molecular weight is 365 g/mol. The molecule has 0 aromatic heterocycles. The highest BCUT2D eigenvalue weighted by atomic mass is 19.3. The molecule has 142 valence electrons. The summed E-state index contributed by atoms with van der Waals surface area (Å²) in [4.78, 5) is 14.6. The number of alkyl halides is 2. The van der Waals surface area contributed by atoms with E-state index in [-0.39, 0.29) is 29.0 Å². The molecule has 2 atom stereocenters. The first-order valence-electron chi connectivity index (χ1n) is 9.37. The summed E-state index contributed by atoms with van der Waals surface area (Å²) in [5.74, 6) is 0.495. The van der Waals surface area contributed by atoms with Gasteiger partial charge in [0, 0.05) is 25.0 Å². The zero-order valence-corrected chi connectivity index (χ0v) is 14.7. The zero-order chi connectivity index (χ0) is 18.1. The standard InChI is InChI=1S/C19H25F2N3O2/c20-18(21)26-16-4-2-1-3-15(16)24-10-5-13(12-24)23-17(25)14-11-19(14)6-8-22-9-7-19/h1-4,13-14,18,22H,5-12H2,(H,23,25). The van der Waals surface area contributed by atoms with Crippen LogP contribution in [0.15, 0.2) is 24.3 Å².